The molecule has 1 fully saturated rings. The van der Waals surface area contributed by atoms with E-state index in [2.05, 4.69) is 34.5 Å². The number of fused-ring (bicyclic) bond motifs is 2. The van der Waals surface area contributed by atoms with Crippen LogP contribution < -0.4 is 5.32 Å². The van der Waals surface area contributed by atoms with E-state index in [1.54, 1.807) is 0 Å². The lowest BCUT2D eigenvalue weighted by Crippen LogP contribution is -2.31. The second-order valence-corrected chi connectivity index (χ2v) is 4.51. The SMILES string of the molecule is O[C@@H]1C[C@@H]2CNc3ccccc3CN2C1. The Bertz CT molecular complexity index is 366. The fourth-order valence-electron chi connectivity index (χ4n) is 2.64. The van der Waals surface area contributed by atoms with Gasteiger partial charge in [0.25, 0.3) is 0 Å². The fraction of sp³-hybridized carbons (Fsp3) is 0.500. The highest BCUT2D eigenvalue weighted by Gasteiger charge is 2.32. The van der Waals surface area contributed by atoms with Crippen molar-refractivity contribution >= 4 is 5.69 Å². The van der Waals surface area contributed by atoms with Crippen molar-refractivity contribution in [2.45, 2.75) is 25.1 Å². The molecule has 3 rings (SSSR count). The summed E-state index contributed by atoms with van der Waals surface area (Å²) >= 11 is 0. The minimum atomic E-state index is -0.137. The van der Waals surface area contributed by atoms with E-state index in [9.17, 15) is 5.11 Å². The molecule has 2 heterocycles. The van der Waals surface area contributed by atoms with Crippen molar-refractivity contribution < 1.29 is 5.11 Å². The van der Waals surface area contributed by atoms with Crippen LogP contribution in [-0.4, -0.2) is 35.2 Å². The first-order valence-electron chi connectivity index (χ1n) is 5.57. The van der Waals surface area contributed by atoms with Gasteiger partial charge in [0.05, 0.1) is 6.10 Å². The van der Waals surface area contributed by atoms with E-state index in [-0.39, 0.29) is 6.10 Å². The number of nitrogens with zero attached hydrogens (tertiary/aromatic N) is 1. The molecule has 15 heavy (non-hydrogen) atoms. The molecule has 3 nitrogen and oxygen atoms in total. The summed E-state index contributed by atoms with van der Waals surface area (Å²) in [5, 5.41) is 13.1. The summed E-state index contributed by atoms with van der Waals surface area (Å²) in [6.07, 6.45) is 0.767. The van der Waals surface area contributed by atoms with E-state index in [4.69, 9.17) is 0 Å². The fourth-order valence-corrected chi connectivity index (χ4v) is 2.64. The van der Waals surface area contributed by atoms with Crippen molar-refractivity contribution in [2.24, 2.45) is 0 Å². The van der Waals surface area contributed by atoms with E-state index in [0.29, 0.717) is 6.04 Å². The van der Waals surface area contributed by atoms with Crippen LogP contribution in [0.3, 0.4) is 0 Å². The minimum absolute atomic E-state index is 0.137. The number of anilines is 1. The zero-order valence-corrected chi connectivity index (χ0v) is 8.69. The predicted molar refractivity (Wildman–Crippen MR) is 59.8 cm³/mol. The summed E-state index contributed by atoms with van der Waals surface area (Å²) in [6, 6.07) is 8.93. The molecular weight excluding hydrogens is 188 g/mol. The van der Waals surface area contributed by atoms with Crippen molar-refractivity contribution in [3.63, 3.8) is 0 Å². The number of rotatable bonds is 0. The van der Waals surface area contributed by atoms with E-state index < -0.39 is 0 Å². The monoisotopic (exact) mass is 204 g/mol. The van der Waals surface area contributed by atoms with Gasteiger partial charge in [-0.3, -0.25) is 4.90 Å². The van der Waals surface area contributed by atoms with Crippen LogP contribution in [0.1, 0.15) is 12.0 Å². The average molecular weight is 204 g/mol. The minimum Gasteiger partial charge on any atom is -0.392 e. The van der Waals surface area contributed by atoms with Gasteiger partial charge in [-0.2, -0.15) is 0 Å². The molecule has 1 aromatic carbocycles. The highest BCUT2D eigenvalue weighted by Crippen LogP contribution is 2.27. The van der Waals surface area contributed by atoms with Gasteiger partial charge >= 0.3 is 0 Å². The number of aliphatic hydroxyl groups is 1. The Morgan fingerprint density at radius 2 is 2.20 bits per heavy atom. The van der Waals surface area contributed by atoms with Crippen molar-refractivity contribution in [3.8, 4) is 0 Å². The van der Waals surface area contributed by atoms with Gasteiger partial charge < -0.3 is 10.4 Å². The molecule has 0 saturated carbocycles. The number of aliphatic hydroxyl groups excluding tert-OH is 1. The Hall–Kier alpha value is -1.06. The summed E-state index contributed by atoms with van der Waals surface area (Å²) in [5.41, 5.74) is 2.59. The Morgan fingerprint density at radius 1 is 1.33 bits per heavy atom. The average Bonchev–Trinajstić information content (AvgIpc) is 2.49. The third-order valence-electron chi connectivity index (χ3n) is 3.42. The lowest BCUT2D eigenvalue weighted by atomic mass is 10.2. The van der Waals surface area contributed by atoms with Gasteiger partial charge in [-0.05, 0) is 18.1 Å². The maximum atomic E-state index is 9.63. The van der Waals surface area contributed by atoms with Crippen molar-refractivity contribution in [3.05, 3.63) is 29.8 Å². The normalized spacial score (nSPS) is 30.2. The van der Waals surface area contributed by atoms with Gasteiger partial charge in [0.2, 0.25) is 0 Å². The number of benzene rings is 1. The first-order valence-corrected chi connectivity index (χ1v) is 5.57. The molecule has 0 unspecified atom stereocenters. The lowest BCUT2D eigenvalue weighted by molar-refractivity contribution is 0.173. The van der Waals surface area contributed by atoms with Crippen molar-refractivity contribution in [1.82, 2.24) is 4.90 Å². The molecule has 3 heteroatoms. The summed E-state index contributed by atoms with van der Waals surface area (Å²) in [6.45, 7) is 2.74. The van der Waals surface area contributed by atoms with Gasteiger partial charge in [0.15, 0.2) is 0 Å². The van der Waals surface area contributed by atoms with Gasteiger partial charge in [0.1, 0.15) is 0 Å². The summed E-state index contributed by atoms with van der Waals surface area (Å²) in [7, 11) is 0. The van der Waals surface area contributed by atoms with E-state index in [1.807, 2.05) is 0 Å². The number of nitrogens with one attached hydrogen (secondary N) is 1. The first-order chi connectivity index (χ1) is 7.33. The third-order valence-corrected chi connectivity index (χ3v) is 3.42. The second-order valence-electron chi connectivity index (χ2n) is 4.51. The molecule has 0 aromatic heterocycles. The molecule has 1 saturated heterocycles. The van der Waals surface area contributed by atoms with Crippen LogP contribution in [0.15, 0.2) is 24.3 Å². The van der Waals surface area contributed by atoms with Crippen LogP contribution in [0.4, 0.5) is 5.69 Å². The highest BCUT2D eigenvalue weighted by atomic mass is 16.3. The van der Waals surface area contributed by atoms with Crippen LogP contribution in [-0.2, 0) is 6.54 Å². The first kappa shape index (κ1) is 9.19. The van der Waals surface area contributed by atoms with E-state index in [1.165, 1.54) is 11.3 Å². The van der Waals surface area contributed by atoms with Gasteiger partial charge in [-0.15, -0.1) is 0 Å². The molecule has 0 bridgehead atoms. The number of hydrogen-bond acceptors (Lipinski definition) is 3. The van der Waals surface area contributed by atoms with Gasteiger partial charge in [0, 0.05) is 31.4 Å². The molecule has 0 spiro atoms. The largest absolute Gasteiger partial charge is 0.392 e. The van der Waals surface area contributed by atoms with E-state index >= 15 is 0 Å². The molecule has 2 aliphatic heterocycles. The Morgan fingerprint density at radius 3 is 3.13 bits per heavy atom. The highest BCUT2D eigenvalue weighted by molar-refractivity contribution is 5.52. The van der Waals surface area contributed by atoms with Crippen LogP contribution >= 0.6 is 0 Å². The van der Waals surface area contributed by atoms with Crippen LogP contribution in [0.25, 0.3) is 0 Å². The quantitative estimate of drug-likeness (QED) is 0.663. The molecule has 1 aromatic rings. The summed E-state index contributed by atoms with van der Waals surface area (Å²) in [4.78, 5) is 2.38. The maximum Gasteiger partial charge on any atom is 0.0683 e. The number of hydrogen-bond donors (Lipinski definition) is 2. The summed E-state index contributed by atoms with van der Waals surface area (Å²) < 4.78 is 0. The third kappa shape index (κ3) is 1.62. The Labute approximate surface area is 89.7 Å². The van der Waals surface area contributed by atoms with Crippen LogP contribution in [0, 0.1) is 0 Å². The van der Waals surface area contributed by atoms with Gasteiger partial charge in [-0.1, -0.05) is 18.2 Å². The van der Waals surface area contributed by atoms with Crippen LogP contribution in [0.5, 0.6) is 0 Å². The van der Waals surface area contributed by atoms with E-state index in [0.717, 1.165) is 26.1 Å². The topological polar surface area (TPSA) is 35.5 Å². The smallest absolute Gasteiger partial charge is 0.0683 e. The molecule has 80 valence electrons. The Kier molecular flexibility index (Phi) is 2.15. The standard InChI is InChI=1S/C12H16N2O/c15-11-5-10-6-13-12-4-2-1-3-9(12)7-14(10)8-11/h1-4,10-11,13,15H,5-8H2/t10-,11-/m1/s1. The maximum absolute atomic E-state index is 9.63. The second kappa shape index (κ2) is 3.51. The van der Waals surface area contributed by atoms with Crippen molar-refractivity contribution in [2.75, 3.05) is 18.4 Å². The lowest BCUT2D eigenvalue weighted by Gasteiger charge is -2.20. The molecule has 0 aliphatic carbocycles. The Balaban J connectivity index is 1.89. The summed E-state index contributed by atoms with van der Waals surface area (Å²) in [5.74, 6) is 0. The molecule has 2 aliphatic rings. The predicted octanol–water partition coefficient (Wildman–Crippen LogP) is 1.05. The molecular formula is C12H16N2O. The molecule has 0 radical (unpaired) electrons. The van der Waals surface area contributed by atoms with Crippen molar-refractivity contribution in [1.29, 1.82) is 0 Å². The molecule has 2 N–H and O–H groups in total. The van der Waals surface area contributed by atoms with Gasteiger partial charge in [-0.25, -0.2) is 0 Å². The molecule has 2 atom stereocenters. The zero-order valence-electron chi connectivity index (χ0n) is 8.69. The molecule has 0 amide bonds. The number of para-hydroxylation sites is 1. The van der Waals surface area contributed by atoms with Crippen LogP contribution in [0.2, 0.25) is 0 Å². The zero-order chi connectivity index (χ0) is 10.3.